The zero-order valence-corrected chi connectivity index (χ0v) is 19.4. The number of benzene rings is 2. The number of rotatable bonds is 7. The molecule has 0 aliphatic heterocycles. The van der Waals surface area contributed by atoms with E-state index in [4.69, 9.17) is 4.74 Å². The standard InChI is InChI=1S/C24H30BN2O5/c1-7-21(24(3,4)5)27(23(30)16-11-12-17(14-28)19(13-16)25-31)26-22(29)18-9-8-10-20(32-6)15(18)2/h8-14,21,31H,7H2,1-6H3,(H,26,29)/t21-/m1/s1. The summed E-state index contributed by atoms with van der Waals surface area (Å²) < 4.78 is 5.31. The van der Waals surface area contributed by atoms with Crippen molar-refractivity contribution in [1.29, 1.82) is 0 Å². The van der Waals surface area contributed by atoms with Gasteiger partial charge in [-0.3, -0.25) is 19.8 Å². The smallest absolute Gasteiger partial charge is 0.327 e. The van der Waals surface area contributed by atoms with Gasteiger partial charge in [0, 0.05) is 22.3 Å². The van der Waals surface area contributed by atoms with Crippen molar-refractivity contribution in [2.45, 2.75) is 47.1 Å². The van der Waals surface area contributed by atoms with E-state index in [2.05, 4.69) is 5.43 Å². The molecule has 2 rings (SSSR count). The molecule has 0 fully saturated rings. The molecule has 2 amide bonds. The van der Waals surface area contributed by atoms with Crippen LogP contribution in [0.3, 0.4) is 0 Å². The fourth-order valence-corrected chi connectivity index (χ4v) is 3.77. The molecule has 0 spiro atoms. The molecule has 1 atom stereocenters. The van der Waals surface area contributed by atoms with Crippen molar-refractivity contribution in [1.82, 2.24) is 10.4 Å². The fraction of sp³-hybridized carbons (Fsp3) is 0.375. The van der Waals surface area contributed by atoms with Crippen molar-refractivity contribution in [3.05, 3.63) is 58.7 Å². The number of hydrazine groups is 1. The Labute approximate surface area is 190 Å². The molecule has 0 aliphatic rings. The second-order valence-electron chi connectivity index (χ2n) is 8.63. The summed E-state index contributed by atoms with van der Waals surface area (Å²) in [4.78, 5) is 37.9. The summed E-state index contributed by atoms with van der Waals surface area (Å²) in [6.45, 7) is 9.70. The second kappa shape index (κ2) is 10.5. The normalized spacial score (nSPS) is 12.0. The lowest BCUT2D eigenvalue weighted by Gasteiger charge is -2.39. The maximum absolute atomic E-state index is 13.5. The molecule has 0 saturated carbocycles. The van der Waals surface area contributed by atoms with Crippen LogP contribution in [0.4, 0.5) is 0 Å². The van der Waals surface area contributed by atoms with Crippen molar-refractivity contribution in [2.24, 2.45) is 5.41 Å². The van der Waals surface area contributed by atoms with Crippen LogP contribution in [0.25, 0.3) is 0 Å². The highest BCUT2D eigenvalue weighted by Crippen LogP contribution is 2.28. The van der Waals surface area contributed by atoms with Crippen LogP contribution in [0.5, 0.6) is 5.75 Å². The van der Waals surface area contributed by atoms with Crippen molar-refractivity contribution in [3.63, 3.8) is 0 Å². The van der Waals surface area contributed by atoms with E-state index in [0.717, 1.165) is 7.48 Å². The topological polar surface area (TPSA) is 95.9 Å². The molecule has 0 unspecified atom stereocenters. The van der Waals surface area contributed by atoms with Gasteiger partial charge >= 0.3 is 7.48 Å². The van der Waals surface area contributed by atoms with Crippen LogP contribution in [-0.2, 0) is 0 Å². The van der Waals surface area contributed by atoms with E-state index in [-0.39, 0.29) is 28.0 Å². The average Bonchev–Trinajstić information content (AvgIpc) is 2.76. The average molecular weight is 437 g/mol. The number of amides is 2. The third kappa shape index (κ3) is 5.37. The molecular weight excluding hydrogens is 407 g/mol. The molecule has 0 aromatic heterocycles. The van der Waals surface area contributed by atoms with Crippen LogP contribution in [0, 0.1) is 12.3 Å². The molecule has 7 nitrogen and oxygen atoms in total. The summed E-state index contributed by atoms with van der Waals surface area (Å²) in [5, 5.41) is 10.8. The highest BCUT2D eigenvalue weighted by atomic mass is 16.5. The highest BCUT2D eigenvalue weighted by Gasteiger charge is 2.34. The van der Waals surface area contributed by atoms with Crippen LogP contribution >= 0.6 is 0 Å². The van der Waals surface area contributed by atoms with Crippen molar-refractivity contribution in [2.75, 3.05) is 7.11 Å². The molecule has 1 radical (unpaired) electrons. The fourth-order valence-electron chi connectivity index (χ4n) is 3.77. The summed E-state index contributed by atoms with van der Waals surface area (Å²) in [5.74, 6) is -0.303. The molecule has 2 aromatic carbocycles. The summed E-state index contributed by atoms with van der Waals surface area (Å²) in [5.41, 5.74) is 4.24. The number of ether oxygens (including phenoxy) is 1. The van der Waals surface area contributed by atoms with Crippen LogP contribution in [0.2, 0.25) is 0 Å². The second-order valence-corrected chi connectivity index (χ2v) is 8.63. The minimum Gasteiger partial charge on any atom is -0.496 e. The molecule has 8 heteroatoms. The predicted molar refractivity (Wildman–Crippen MR) is 124 cm³/mol. The van der Waals surface area contributed by atoms with Gasteiger partial charge in [-0.2, -0.15) is 0 Å². The lowest BCUT2D eigenvalue weighted by atomic mass is 9.82. The predicted octanol–water partition coefficient (Wildman–Crippen LogP) is 2.66. The molecule has 169 valence electrons. The summed E-state index contributed by atoms with van der Waals surface area (Å²) in [6.07, 6.45) is 1.20. The zero-order chi connectivity index (χ0) is 24.1. The molecule has 0 bridgehead atoms. The summed E-state index contributed by atoms with van der Waals surface area (Å²) >= 11 is 0. The Balaban J connectivity index is 2.51. The first-order valence-corrected chi connectivity index (χ1v) is 10.4. The van der Waals surface area contributed by atoms with E-state index < -0.39 is 11.8 Å². The quantitative estimate of drug-likeness (QED) is 0.395. The van der Waals surface area contributed by atoms with E-state index in [1.165, 1.54) is 30.3 Å². The Bertz CT molecular complexity index is 1000. The number of nitrogens with zero attached hydrogens (tertiary/aromatic N) is 1. The first-order chi connectivity index (χ1) is 15.1. The summed E-state index contributed by atoms with van der Waals surface area (Å²) in [7, 11) is 2.31. The molecule has 32 heavy (non-hydrogen) atoms. The zero-order valence-electron chi connectivity index (χ0n) is 19.4. The Kier molecular flexibility index (Phi) is 8.22. The van der Waals surface area contributed by atoms with Gasteiger partial charge < -0.3 is 9.76 Å². The molecular formula is C24H30BN2O5. The van der Waals surface area contributed by atoms with Crippen molar-refractivity contribution < 1.29 is 24.1 Å². The van der Waals surface area contributed by atoms with Gasteiger partial charge in [-0.15, -0.1) is 0 Å². The Morgan fingerprint density at radius 1 is 1.25 bits per heavy atom. The number of carbonyl (C=O) groups is 3. The minimum atomic E-state index is -0.443. The largest absolute Gasteiger partial charge is 0.496 e. The first kappa shape index (κ1) is 25.1. The number of hydrogen-bond donors (Lipinski definition) is 2. The van der Waals surface area contributed by atoms with Crippen LogP contribution in [-0.4, -0.2) is 48.8 Å². The third-order valence-electron chi connectivity index (χ3n) is 5.49. The first-order valence-electron chi connectivity index (χ1n) is 10.4. The minimum absolute atomic E-state index is 0.226. The molecule has 2 N–H and O–H groups in total. The number of carbonyl (C=O) groups excluding carboxylic acids is 3. The SMILES string of the molecule is CC[C@@H](N(NC(=O)c1cccc(OC)c1C)C(=O)c1ccc(C=O)c([B]O)c1)C(C)(C)C. The number of aldehydes is 1. The van der Waals surface area contributed by atoms with Gasteiger partial charge in [0.25, 0.3) is 11.8 Å². The Hall–Kier alpha value is -3.13. The van der Waals surface area contributed by atoms with Gasteiger partial charge in [-0.1, -0.05) is 45.9 Å². The molecule has 0 heterocycles. The molecule has 0 aliphatic carbocycles. The maximum atomic E-state index is 13.5. The van der Waals surface area contributed by atoms with Crippen LogP contribution < -0.4 is 15.6 Å². The van der Waals surface area contributed by atoms with Gasteiger partial charge in [0.05, 0.1) is 13.2 Å². The van der Waals surface area contributed by atoms with E-state index in [1.807, 2.05) is 27.7 Å². The van der Waals surface area contributed by atoms with Gasteiger partial charge in [-0.05, 0) is 42.4 Å². The number of methoxy groups -OCH3 is 1. The number of nitrogens with one attached hydrogen (secondary N) is 1. The molecule has 2 aromatic rings. The maximum Gasteiger partial charge on any atom is 0.327 e. The monoisotopic (exact) mass is 437 g/mol. The lowest BCUT2D eigenvalue weighted by Crippen LogP contribution is -2.56. The molecule has 0 saturated heterocycles. The van der Waals surface area contributed by atoms with Gasteiger partial charge in [-0.25, -0.2) is 5.01 Å². The highest BCUT2D eigenvalue weighted by molar-refractivity contribution is 6.47. The van der Waals surface area contributed by atoms with E-state index in [0.29, 0.717) is 29.6 Å². The van der Waals surface area contributed by atoms with E-state index in [9.17, 15) is 19.4 Å². The number of hydrogen-bond acceptors (Lipinski definition) is 5. The Morgan fingerprint density at radius 3 is 2.47 bits per heavy atom. The van der Waals surface area contributed by atoms with Gasteiger partial charge in [0.15, 0.2) is 0 Å². The van der Waals surface area contributed by atoms with Crippen molar-refractivity contribution in [3.8, 4) is 5.75 Å². The van der Waals surface area contributed by atoms with E-state index in [1.54, 1.807) is 25.1 Å². The van der Waals surface area contributed by atoms with Crippen LogP contribution in [0.1, 0.15) is 70.8 Å². The van der Waals surface area contributed by atoms with Crippen LogP contribution in [0.15, 0.2) is 36.4 Å². The van der Waals surface area contributed by atoms with E-state index >= 15 is 0 Å². The third-order valence-corrected chi connectivity index (χ3v) is 5.49. The lowest BCUT2D eigenvalue weighted by molar-refractivity contribution is 0.0284. The van der Waals surface area contributed by atoms with Gasteiger partial charge in [0.2, 0.25) is 0 Å². The Morgan fingerprint density at radius 2 is 1.94 bits per heavy atom. The van der Waals surface area contributed by atoms with Crippen molar-refractivity contribution >= 4 is 31.0 Å². The van der Waals surface area contributed by atoms with Gasteiger partial charge in [0.1, 0.15) is 12.0 Å². The summed E-state index contributed by atoms with van der Waals surface area (Å²) in [6, 6.07) is 9.23.